The third-order valence-electron chi connectivity index (χ3n) is 4.20. The topological polar surface area (TPSA) is 84.3 Å². The number of hydrogen-bond donors (Lipinski definition) is 1. The average molecular weight is 413 g/mol. The van der Waals surface area contributed by atoms with Crippen molar-refractivity contribution in [1.29, 1.82) is 0 Å². The van der Waals surface area contributed by atoms with E-state index in [1.165, 1.54) is 22.5 Å². The standard InChI is InChI=1S/C18H25ClN4O3S/c1-3-23(4-2)27(25,26)17-13-15(7-8-16(17)19)18(24)21-9-5-6-11-22-12-10-20-14-22/h7-8,10,12-14H,3-6,9,11H2,1-2H3,(H,21,24). The number of aromatic nitrogens is 2. The number of benzene rings is 1. The first kappa shape index (κ1) is 21.4. The zero-order valence-electron chi connectivity index (χ0n) is 15.6. The van der Waals surface area contributed by atoms with Crippen LogP contribution >= 0.6 is 11.6 Å². The van der Waals surface area contributed by atoms with Crippen LogP contribution in [0.3, 0.4) is 0 Å². The van der Waals surface area contributed by atoms with Gasteiger partial charge in [0, 0.05) is 44.1 Å². The van der Waals surface area contributed by atoms with E-state index < -0.39 is 10.0 Å². The van der Waals surface area contributed by atoms with E-state index in [-0.39, 0.29) is 21.4 Å². The van der Waals surface area contributed by atoms with Crippen LogP contribution in [-0.2, 0) is 16.6 Å². The van der Waals surface area contributed by atoms with Crippen LogP contribution in [0.2, 0.25) is 5.02 Å². The second kappa shape index (κ2) is 9.87. The monoisotopic (exact) mass is 412 g/mol. The third kappa shape index (κ3) is 5.54. The molecule has 0 saturated heterocycles. The lowest BCUT2D eigenvalue weighted by Gasteiger charge is -2.19. The number of hydrogen-bond acceptors (Lipinski definition) is 4. The Labute approximate surface area is 165 Å². The molecule has 9 heteroatoms. The highest BCUT2D eigenvalue weighted by Gasteiger charge is 2.25. The zero-order valence-corrected chi connectivity index (χ0v) is 17.1. The maximum absolute atomic E-state index is 12.7. The molecule has 1 N–H and O–H groups in total. The zero-order chi connectivity index (χ0) is 19.9. The molecule has 0 saturated carbocycles. The smallest absolute Gasteiger partial charge is 0.251 e. The fourth-order valence-corrected chi connectivity index (χ4v) is 4.65. The van der Waals surface area contributed by atoms with Gasteiger partial charge in [-0.1, -0.05) is 25.4 Å². The average Bonchev–Trinajstić information content (AvgIpc) is 3.15. The normalized spacial score (nSPS) is 11.7. The van der Waals surface area contributed by atoms with Crippen LogP contribution in [0, 0.1) is 0 Å². The number of amides is 1. The van der Waals surface area contributed by atoms with Gasteiger partial charge in [0.2, 0.25) is 10.0 Å². The molecule has 0 spiro atoms. The summed E-state index contributed by atoms with van der Waals surface area (Å²) in [7, 11) is -3.73. The number of nitrogens with zero attached hydrogens (tertiary/aromatic N) is 3. The molecule has 7 nitrogen and oxygen atoms in total. The maximum atomic E-state index is 12.7. The van der Waals surface area contributed by atoms with E-state index in [9.17, 15) is 13.2 Å². The lowest BCUT2D eigenvalue weighted by molar-refractivity contribution is 0.0952. The number of sulfonamides is 1. The summed E-state index contributed by atoms with van der Waals surface area (Å²) < 4.78 is 28.7. The molecule has 2 rings (SSSR count). The summed E-state index contributed by atoms with van der Waals surface area (Å²) in [5, 5.41) is 2.93. The van der Waals surface area contributed by atoms with E-state index in [1.54, 1.807) is 26.4 Å². The molecule has 0 bridgehead atoms. The van der Waals surface area contributed by atoms with Gasteiger partial charge < -0.3 is 9.88 Å². The van der Waals surface area contributed by atoms with Crippen molar-refractivity contribution in [2.45, 2.75) is 38.1 Å². The van der Waals surface area contributed by atoms with Gasteiger partial charge in [-0.25, -0.2) is 13.4 Å². The highest BCUT2D eigenvalue weighted by molar-refractivity contribution is 7.89. The summed E-state index contributed by atoms with van der Waals surface area (Å²) >= 11 is 6.09. The first-order valence-corrected chi connectivity index (χ1v) is 10.8. The van der Waals surface area contributed by atoms with Gasteiger partial charge in [-0.15, -0.1) is 0 Å². The molecule has 0 aliphatic carbocycles. The minimum absolute atomic E-state index is 0.0411. The molecule has 2 aromatic rings. The lowest BCUT2D eigenvalue weighted by atomic mass is 10.2. The van der Waals surface area contributed by atoms with Crippen LogP contribution in [0.4, 0.5) is 0 Å². The van der Waals surface area contributed by atoms with E-state index in [1.807, 2.05) is 10.8 Å². The van der Waals surface area contributed by atoms with Gasteiger partial charge in [-0.2, -0.15) is 4.31 Å². The van der Waals surface area contributed by atoms with Crippen LogP contribution < -0.4 is 5.32 Å². The van der Waals surface area contributed by atoms with Gasteiger partial charge in [0.25, 0.3) is 5.91 Å². The number of carbonyl (C=O) groups excluding carboxylic acids is 1. The fraction of sp³-hybridized carbons (Fsp3) is 0.444. The molecule has 148 valence electrons. The van der Waals surface area contributed by atoms with Crippen molar-refractivity contribution in [2.24, 2.45) is 0 Å². The second-order valence-electron chi connectivity index (χ2n) is 6.00. The van der Waals surface area contributed by atoms with E-state index in [0.29, 0.717) is 19.6 Å². The number of aryl methyl sites for hydroxylation is 1. The Hall–Kier alpha value is -1.90. The summed E-state index contributed by atoms with van der Waals surface area (Å²) in [6, 6.07) is 4.33. The molecule has 27 heavy (non-hydrogen) atoms. The maximum Gasteiger partial charge on any atom is 0.251 e. The SMILES string of the molecule is CCN(CC)S(=O)(=O)c1cc(C(=O)NCCCCn2ccnc2)ccc1Cl. The number of carbonyl (C=O) groups is 1. The Kier molecular flexibility index (Phi) is 7.82. The van der Waals surface area contributed by atoms with E-state index in [4.69, 9.17) is 11.6 Å². The molecular formula is C18H25ClN4O3S. The van der Waals surface area contributed by atoms with Crippen LogP contribution in [0.15, 0.2) is 41.8 Å². The summed E-state index contributed by atoms with van der Waals surface area (Å²) in [6.45, 7) is 5.53. The van der Waals surface area contributed by atoms with Crippen LogP contribution in [-0.4, -0.2) is 47.8 Å². The largest absolute Gasteiger partial charge is 0.352 e. The highest BCUT2D eigenvalue weighted by atomic mass is 35.5. The van der Waals surface area contributed by atoms with Crippen LogP contribution in [0.1, 0.15) is 37.0 Å². The molecule has 1 amide bonds. The number of imidazole rings is 1. The van der Waals surface area contributed by atoms with Crippen molar-refractivity contribution in [1.82, 2.24) is 19.2 Å². The molecule has 0 atom stereocenters. The number of nitrogens with one attached hydrogen (secondary N) is 1. The van der Waals surface area contributed by atoms with Gasteiger partial charge in [0.05, 0.1) is 11.3 Å². The highest BCUT2D eigenvalue weighted by Crippen LogP contribution is 2.25. The summed E-state index contributed by atoms with van der Waals surface area (Å²) in [4.78, 5) is 16.3. The Morgan fingerprint density at radius 2 is 2.00 bits per heavy atom. The molecule has 1 aromatic heterocycles. The number of rotatable bonds is 10. The summed E-state index contributed by atoms with van der Waals surface area (Å²) in [5.74, 6) is -0.315. The summed E-state index contributed by atoms with van der Waals surface area (Å²) in [5.41, 5.74) is 0.278. The minimum atomic E-state index is -3.73. The number of unbranched alkanes of at least 4 members (excludes halogenated alkanes) is 1. The van der Waals surface area contributed by atoms with Crippen molar-refractivity contribution >= 4 is 27.5 Å². The number of halogens is 1. The van der Waals surface area contributed by atoms with Crippen molar-refractivity contribution in [2.75, 3.05) is 19.6 Å². The van der Waals surface area contributed by atoms with Crippen molar-refractivity contribution in [3.8, 4) is 0 Å². The van der Waals surface area contributed by atoms with Gasteiger partial charge in [-0.05, 0) is 31.0 Å². The molecule has 0 aliphatic rings. The van der Waals surface area contributed by atoms with Gasteiger partial charge >= 0.3 is 0 Å². The van der Waals surface area contributed by atoms with Crippen molar-refractivity contribution in [3.05, 3.63) is 47.5 Å². The molecule has 0 unspecified atom stereocenters. The molecule has 1 aromatic carbocycles. The second-order valence-corrected chi connectivity index (χ2v) is 8.31. The van der Waals surface area contributed by atoms with Gasteiger partial charge in [0.1, 0.15) is 4.90 Å². The molecule has 0 aliphatic heterocycles. The predicted molar refractivity (Wildman–Crippen MR) is 105 cm³/mol. The molecule has 1 heterocycles. The first-order chi connectivity index (χ1) is 12.9. The Balaban J connectivity index is 1.98. The van der Waals surface area contributed by atoms with Gasteiger partial charge in [-0.3, -0.25) is 4.79 Å². The van der Waals surface area contributed by atoms with E-state index in [0.717, 1.165) is 19.4 Å². The quantitative estimate of drug-likeness (QED) is 0.608. The fourth-order valence-electron chi connectivity index (χ4n) is 2.69. The molecular weight excluding hydrogens is 388 g/mol. The Bertz CT molecular complexity index is 849. The van der Waals surface area contributed by atoms with Crippen LogP contribution in [0.25, 0.3) is 0 Å². The Morgan fingerprint density at radius 1 is 1.26 bits per heavy atom. The van der Waals surface area contributed by atoms with E-state index in [2.05, 4.69) is 10.3 Å². The predicted octanol–water partition coefficient (Wildman–Crippen LogP) is 2.78. The van der Waals surface area contributed by atoms with E-state index >= 15 is 0 Å². The molecule has 0 radical (unpaired) electrons. The van der Waals surface area contributed by atoms with Crippen LogP contribution in [0.5, 0.6) is 0 Å². The third-order valence-corrected chi connectivity index (χ3v) is 6.74. The van der Waals surface area contributed by atoms with Crippen molar-refractivity contribution < 1.29 is 13.2 Å². The molecule has 0 fully saturated rings. The minimum Gasteiger partial charge on any atom is -0.352 e. The Morgan fingerprint density at radius 3 is 2.63 bits per heavy atom. The lowest BCUT2D eigenvalue weighted by Crippen LogP contribution is -2.31. The summed E-state index contributed by atoms with van der Waals surface area (Å²) in [6.07, 6.45) is 7.08. The van der Waals surface area contributed by atoms with Crippen molar-refractivity contribution in [3.63, 3.8) is 0 Å². The first-order valence-electron chi connectivity index (χ1n) is 8.93. The van der Waals surface area contributed by atoms with Gasteiger partial charge in [0.15, 0.2) is 0 Å².